The molecule has 0 spiro atoms. The molecule has 0 radical (unpaired) electrons. The Balaban J connectivity index is 1.61. The fourth-order valence-corrected chi connectivity index (χ4v) is 2.67. The molecule has 26 heavy (non-hydrogen) atoms. The third-order valence-electron chi connectivity index (χ3n) is 3.97. The van der Waals surface area contributed by atoms with Crippen molar-refractivity contribution in [2.75, 3.05) is 12.4 Å². The topological polar surface area (TPSA) is 84.3 Å². The summed E-state index contributed by atoms with van der Waals surface area (Å²) in [6.07, 6.45) is 0. The van der Waals surface area contributed by atoms with Crippen molar-refractivity contribution in [2.24, 2.45) is 0 Å². The SMILES string of the molecule is COc1cccc(NCc2cc(=O)n3[nH]c(-c4ccccc4)nc3n2)c1. The van der Waals surface area contributed by atoms with Crippen LogP contribution in [0.15, 0.2) is 65.5 Å². The monoisotopic (exact) mass is 347 g/mol. The number of benzene rings is 2. The van der Waals surface area contributed by atoms with Crippen molar-refractivity contribution in [1.82, 2.24) is 19.6 Å². The Kier molecular flexibility index (Phi) is 4.10. The molecule has 2 heterocycles. The molecule has 0 bridgehead atoms. The number of nitrogens with zero attached hydrogens (tertiary/aromatic N) is 3. The lowest BCUT2D eigenvalue weighted by atomic mass is 10.2. The van der Waals surface area contributed by atoms with Gasteiger partial charge in [0, 0.05) is 23.4 Å². The highest BCUT2D eigenvalue weighted by atomic mass is 16.5. The Morgan fingerprint density at radius 3 is 2.73 bits per heavy atom. The first-order valence-corrected chi connectivity index (χ1v) is 8.15. The highest BCUT2D eigenvalue weighted by Crippen LogP contribution is 2.17. The first-order valence-electron chi connectivity index (χ1n) is 8.15. The highest BCUT2D eigenvalue weighted by Gasteiger charge is 2.09. The van der Waals surface area contributed by atoms with Crippen molar-refractivity contribution < 1.29 is 4.74 Å². The average Bonchev–Trinajstić information content (AvgIpc) is 3.12. The Bertz CT molecular complexity index is 1100. The van der Waals surface area contributed by atoms with Crippen LogP contribution >= 0.6 is 0 Å². The molecule has 7 heteroatoms. The molecule has 2 N–H and O–H groups in total. The van der Waals surface area contributed by atoms with Crippen LogP contribution in [-0.4, -0.2) is 26.7 Å². The molecule has 0 saturated carbocycles. The van der Waals surface area contributed by atoms with E-state index in [1.54, 1.807) is 7.11 Å². The largest absolute Gasteiger partial charge is 0.497 e. The number of nitrogens with one attached hydrogen (secondary N) is 2. The van der Waals surface area contributed by atoms with E-state index in [-0.39, 0.29) is 5.56 Å². The minimum Gasteiger partial charge on any atom is -0.497 e. The van der Waals surface area contributed by atoms with Gasteiger partial charge in [0.1, 0.15) is 5.75 Å². The molecule has 2 aromatic heterocycles. The zero-order valence-electron chi connectivity index (χ0n) is 14.1. The molecular weight excluding hydrogens is 330 g/mol. The molecule has 0 aliphatic rings. The van der Waals surface area contributed by atoms with Crippen molar-refractivity contribution in [3.05, 3.63) is 76.7 Å². The van der Waals surface area contributed by atoms with Crippen LogP contribution in [-0.2, 0) is 6.54 Å². The lowest BCUT2D eigenvalue weighted by Gasteiger charge is -2.07. The molecule has 0 aliphatic heterocycles. The van der Waals surface area contributed by atoms with Gasteiger partial charge in [0.05, 0.1) is 19.3 Å². The van der Waals surface area contributed by atoms with Gasteiger partial charge in [-0.2, -0.15) is 9.50 Å². The van der Waals surface area contributed by atoms with Crippen LogP contribution in [0.2, 0.25) is 0 Å². The van der Waals surface area contributed by atoms with E-state index in [0.717, 1.165) is 17.0 Å². The van der Waals surface area contributed by atoms with E-state index in [2.05, 4.69) is 20.4 Å². The standard InChI is InChI=1S/C19H17N5O2/c1-26-16-9-5-8-14(10-16)20-12-15-11-17(25)24-19(21-15)22-18(23-24)13-6-3-2-4-7-13/h2-11,20H,12H2,1H3,(H,21,22,23). The molecule has 4 aromatic rings. The zero-order chi connectivity index (χ0) is 17.9. The maximum absolute atomic E-state index is 12.4. The third kappa shape index (κ3) is 3.14. The first-order chi connectivity index (χ1) is 12.7. The number of fused-ring (bicyclic) bond motifs is 1. The third-order valence-corrected chi connectivity index (χ3v) is 3.97. The fraction of sp³-hybridized carbons (Fsp3) is 0.105. The van der Waals surface area contributed by atoms with Gasteiger partial charge < -0.3 is 10.1 Å². The van der Waals surface area contributed by atoms with Gasteiger partial charge in [0.2, 0.25) is 0 Å². The number of rotatable bonds is 5. The summed E-state index contributed by atoms with van der Waals surface area (Å²) in [5.41, 5.74) is 2.20. The molecular formula is C19H17N5O2. The average molecular weight is 347 g/mol. The van der Waals surface area contributed by atoms with Crippen molar-refractivity contribution in [3.8, 4) is 17.1 Å². The van der Waals surface area contributed by atoms with Gasteiger partial charge in [-0.3, -0.25) is 9.89 Å². The Morgan fingerprint density at radius 2 is 1.92 bits per heavy atom. The summed E-state index contributed by atoms with van der Waals surface area (Å²) < 4.78 is 6.55. The van der Waals surface area contributed by atoms with Crippen LogP contribution in [0.4, 0.5) is 5.69 Å². The normalized spacial score (nSPS) is 10.8. The highest BCUT2D eigenvalue weighted by molar-refractivity contribution is 5.56. The molecule has 130 valence electrons. The van der Waals surface area contributed by atoms with Crippen LogP contribution in [0.5, 0.6) is 5.75 Å². The van der Waals surface area contributed by atoms with Crippen molar-refractivity contribution in [1.29, 1.82) is 0 Å². The quantitative estimate of drug-likeness (QED) is 0.580. The van der Waals surface area contributed by atoms with Crippen LogP contribution in [0, 0.1) is 0 Å². The number of hydrogen-bond donors (Lipinski definition) is 2. The van der Waals surface area contributed by atoms with Gasteiger partial charge >= 0.3 is 0 Å². The number of H-pyrrole nitrogens is 1. The summed E-state index contributed by atoms with van der Waals surface area (Å²) in [7, 11) is 1.62. The van der Waals surface area contributed by atoms with Gasteiger partial charge in [-0.1, -0.05) is 36.4 Å². The predicted octanol–water partition coefficient (Wildman–Crippen LogP) is 2.71. The second kappa shape index (κ2) is 6.72. The van der Waals surface area contributed by atoms with Crippen LogP contribution in [0.3, 0.4) is 0 Å². The lowest BCUT2D eigenvalue weighted by molar-refractivity contribution is 0.415. The van der Waals surface area contributed by atoms with Crippen LogP contribution in [0.1, 0.15) is 5.69 Å². The summed E-state index contributed by atoms with van der Waals surface area (Å²) in [4.78, 5) is 21.3. The van der Waals surface area contributed by atoms with E-state index in [0.29, 0.717) is 23.8 Å². The Hall–Kier alpha value is -3.61. The van der Waals surface area contributed by atoms with Crippen molar-refractivity contribution in [3.63, 3.8) is 0 Å². The van der Waals surface area contributed by atoms with Crippen molar-refractivity contribution in [2.45, 2.75) is 6.54 Å². The molecule has 4 rings (SSSR count). The number of methoxy groups -OCH3 is 1. The Morgan fingerprint density at radius 1 is 1.08 bits per heavy atom. The Labute approximate surface area is 149 Å². The summed E-state index contributed by atoms with van der Waals surface area (Å²) in [6, 6.07) is 18.7. The minimum atomic E-state index is -0.202. The van der Waals surface area contributed by atoms with Crippen molar-refractivity contribution >= 4 is 11.5 Å². The summed E-state index contributed by atoms with van der Waals surface area (Å²) in [6.45, 7) is 0.409. The minimum absolute atomic E-state index is 0.202. The van der Waals surface area contributed by atoms with Gasteiger partial charge in [-0.05, 0) is 12.1 Å². The molecule has 0 aliphatic carbocycles. The van der Waals surface area contributed by atoms with Crippen LogP contribution in [0.25, 0.3) is 17.2 Å². The maximum atomic E-state index is 12.4. The second-order valence-corrected chi connectivity index (χ2v) is 5.74. The number of ether oxygens (including phenoxy) is 1. The van der Waals surface area contributed by atoms with Crippen LogP contribution < -0.4 is 15.6 Å². The van der Waals surface area contributed by atoms with Gasteiger partial charge in [0.25, 0.3) is 11.3 Å². The van der Waals surface area contributed by atoms with Gasteiger partial charge in [-0.15, -0.1) is 0 Å². The van der Waals surface area contributed by atoms with E-state index in [1.165, 1.54) is 10.6 Å². The maximum Gasteiger partial charge on any atom is 0.274 e. The van der Waals surface area contributed by atoms with E-state index in [4.69, 9.17) is 4.74 Å². The molecule has 0 unspecified atom stereocenters. The van der Waals surface area contributed by atoms with E-state index in [1.807, 2.05) is 54.6 Å². The smallest absolute Gasteiger partial charge is 0.274 e. The number of aromatic nitrogens is 4. The summed E-state index contributed by atoms with van der Waals surface area (Å²) in [5.74, 6) is 1.71. The number of anilines is 1. The summed E-state index contributed by atoms with van der Waals surface area (Å²) in [5, 5.41) is 6.23. The molecule has 0 amide bonds. The summed E-state index contributed by atoms with van der Waals surface area (Å²) >= 11 is 0. The molecule has 0 fully saturated rings. The van der Waals surface area contributed by atoms with E-state index in [9.17, 15) is 4.79 Å². The molecule has 7 nitrogen and oxygen atoms in total. The van der Waals surface area contributed by atoms with E-state index >= 15 is 0 Å². The number of hydrogen-bond acceptors (Lipinski definition) is 5. The van der Waals surface area contributed by atoms with E-state index < -0.39 is 0 Å². The van der Waals surface area contributed by atoms with Gasteiger partial charge in [0.15, 0.2) is 5.82 Å². The predicted molar refractivity (Wildman–Crippen MR) is 99.4 cm³/mol. The fourth-order valence-electron chi connectivity index (χ4n) is 2.67. The second-order valence-electron chi connectivity index (χ2n) is 5.74. The number of aromatic amines is 1. The first kappa shape index (κ1) is 15.9. The molecule has 0 atom stereocenters. The van der Waals surface area contributed by atoms with Gasteiger partial charge in [-0.25, -0.2) is 4.98 Å². The molecule has 0 saturated heterocycles. The lowest BCUT2D eigenvalue weighted by Crippen LogP contribution is -2.17. The zero-order valence-corrected chi connectivity index (χ0v) is 14.1. The molecule has 2 aromatic carbocycles.